The highest BCUT2D eigenvalue weighted by molar-refractivity contribution is 6.07. The third-order valence-electron chi connectivity index (χ3n) is 8.27. The zero-order valence-electron chi connectivity index (χ0n) is 25.5. The van der Waals surface area contributed by atoms with Crippen molar-refractivity contribution in [3.05, 3.63) is 137 Å². The van der Waals surface area contributed by atoms with Crippen LogP contribution in [-0.4, -0.2) is 37.6 Å². The molecule has 0 fully saturated rings. The van der Waals surface area contributed by atoms with Gasteiger partial charge in [0.05, 0.1) is 20.2 Å². The standard InChI is InChI=1S/C37H36N4O3/c1-25-9-5-7-11-31(25)32-19-15-27(21-35(32)44-4)37(43)41-24-30-18-20-34(40(30)23-28-10-6-8-12-33(28)41)36(42)38-22-26-13-16-29(17-14-26)39(2)3/h5-21H,22-24H2,1-4H3,(H,38,42). The molecule has 1 N–H and O–H groups in total. The van der Waals surface area contributed by atoms with Crippen molar-refractivity contribution in [2.75, 3.05) is 31.0 Å². The number of nitrogens with one attached hydrogen (secondary N) is 1. The minimum Gasteiger partial charge on any atom is -0.496 e. The highest BCUT2D eigenvalue weighted by atomic mass is 16.5. The number of hydrogen-bond acceptors (Lipinski definition) is 4. The van der Waals surface area contributed by atoms with Crippen molar-refractivity contribution in [3.63, 3.8) is 0 Å². The zero-order valence-corrected chi connectivity index (χ0v) is 25.5. The van der Waals surface area contributed by atoms with E-state index >= 15 is 0 Å². The van der Waals surface area contributed by atoms with Crippen LogP contribution in [0.3, 0.4) is 0 Å². The molecule has 0 spiro atoms. The number of carbonyl (C=O) groups is 2. The molecule has 7 nitrogen and oxygen atoms in total. The topological polar surface area (TPSA) is 66.8 Å². The molecule has 0 aliphatic carbocycles. The van der Waals surface area contributed by atoms with E-state index in [2.05, 4.69) is 24.4 Å². The Bertz CT molecular complexity index is 1840. The maximum atomic E-state index is 14.2. The predicted octanol–water partition coefficient (Wildman–Crippen LogP) is 6.68. The van der Waals surface area contributed by atoms with Gasteiger partial charge in [-0.25, -0.2) is 0 Å². The average Bonchev–Trinajstić information content (AvgIpc) is 3.36. The van der Waals surface area contributed by atoms with Crippen LogP contribution in [0.1, 0.15) is 43.2 Å². The molecular weight excluding hydrogens is 548 g/mol. The van der Waals surface area contributed by atoms with Crippen molar-refractivity contribution in [1.29, 1.82) is 0 Å². The van der Waals surface area contributed by atoms with Gasteiger partial charge in [-0.05, 0) is 77.7 Å². The SMILES string of the molecule is COc1cc(C(=O)N2Cc3ccc(C(=O)NCc4ccc(N(C)C)cc4)n3Cc3ccccc32)ccc1-c1ccccc1C. The first kappa shape index (κ1) is 28.8. The summed E-state index contributed by atoms with van der Waals surface area (Å²) < 4.78 is 7.78. The van der Waals surface area contributed by atoms with Gasteiger partial charge in [0.1, 0.15) is 11.4 Å². The summed E-state index contributed by atoms with van der Waals surface area (Å²) in [5.41, 5.74) is 9.06. The summed E-state index contributed by atoms with van der Waals surface area (Å²) in [7, 11) is 5.63. The van der Waals surface area contributed by atoms with Gasteiger partial charge in [0.15, 0.2) is 0 Å². The Morgan fingerprint density at radius 3 is 2.34 bits per heavy atom. The fourth-order valence-electron chi connectivity index (χ4n) is 5.80. The third-order valence-corrected chi connectivity index (χ3v) is 8.27. The van der Waals surface area contributed by atoms with E-state index in [-0.39, 0.29) is 11.8 Å². The van der Waals surface area contributed by atoms with E-state index in [1.807, 2.05) is 115 Å². The van der Waals surface area contributed by atoms with Gasteiger partial charge < -0.3 is 24.4 Å². The van der Waals surface area contributed by atoms with Crippen molar-refractivity contribution in [1.82, 2.24) is 9.88 Å². The van der Waals surface area contributed by atoms with Crippen LogP contribution in [-0.2, 0) is 19.6 Å². The Hall–Kier alpha value is -5.30. The molecule has 0 unspecified atom stereocenters. The van der Waals surface area contributed by atoms with Crippen LogP contribution in [0.15, 0.2) is 103 Å². The van der Waals surface area contributed by atoms with Crippen LogP contribution >= 0.6 is 0 Å². The molecule has 2 heterocycles. The number of carbonyl (C=O) groups excluding carboxylic acids is 2. The van der Waals surface area contributed by atoms with E-state index in [9.17, 15) is 9.59 Å². The number of aryl methyl sites for hydroxylation is 1. The summed E-state index contributed by atoms with van der Waals surface area (Å²) in [4.78, 5) is 31.4. The molecule has 5 aromatic rings. The number of rotatable bonds is 7. The number of benzene rings is 4. The van der Waals surface area contributed by atoms with Gasteiger partial charge in [-0.1, -0.05) is 54.6 Å². The number of anilines is 2. The highest BCUT2D eigenvalue weighted by Gasteiger charge is 2.28. The first-order chi connectivity index (χ1) is 21.3. The summed E-state index contributed by atoms with van der Waals surface area (Å²) in [5.74, 6) is 0.363. The third kappa shape index (κ3) is 5.56. The lowest BCUT2D eigenvalue weighted by Gasteiger charge is -2.23. The second-order valence-corrected chi connectivity index (χ2v) is 11.3. The van der Waals surface area contributed by atoms with Crippen LogP contribution in [0, 0.1) is 6.92 Å². The minimum atomic E-state index is -0.151. The van der Waals surface area contributed by atoms with E-state index in [4.69, 9.17) is 4.74 Å². The maximum Gasteiger partial charge on any atom is 0.268 e. The molecule has 4 aromatic carbocycles. The van der Waals surface area contributed by atoms with Gasteiger partial charge in [-0.2, -0.15) is 0 Å². The Morgan fingerprint density at radius 2 is 1.59 bits per heavy atom. The monoisotopic (exact) mass is 584 g/mol. The molecule has 1 aliphatic heterocycles. The van der Waals surface area contributed by atoms with Crippen LogP contribution in [0.2, 0.25) is 0 Å². The van der Waals surface area contributed by atoms with Gasteiger partial charge in [-0.15, -0.1) is 0 Å². The molecule has 1 aliphatic rings. The number of amides is 2. The van der Waals surface area contributed by atoms with Gasteiger partial charge in [0, 0.05) is 48.8 Å². The Morgan fingerprint density at radius 1 is 0.841 bits per heavy atom. The second kappa shape index (κ2) is 12.1. The highest BCUT2D eigenvalue weighted by Crippen LogP contribution is 2.35. The van der Waals surface area contributed by atoms with E-state index < -0.39 is 0 Å². The first-order valence-corrected chi connectivity index (χ1v) is 14.7. The lowest BCUT2D eigenvalue weighted by atomic mass is 9.98. The summed E-state index contributed by atoms with van der Waals surface area (Å²) in [6.07, 6.45) is 0. The first-order valence-electron chi connectivity index (χ1n) is 14.7. The van der Waals surface area contributed by atoms with Crippen molar-refractivity contribution in [2.45, 2.75) is 26.6 Å². The number of nitrogens with zero attached hydrogens (tertiary/aromatic N) is 3. The molecule has 0 saturated carbocycles. The average molecular weight is 585 g/mol. The van der Waals surface area contributed by atoms with E-state index in [1.165, 1.54) is 0 Å². The molecule has 44 heavy (non-hydrogen) atoms. The van der Waals surface area contributed by atoms with Gasteiger partial charge in [-0.3, -0.25) is 9.59 Å². The molecule has 0 radical (unpaired) electrons. The number of para-hydroxylation sites is 1. The second-order valence-electron chi connectivity index (χ2n) is 11.3. The van der Waals surface area contributed by atoms with Crippen LogP contribution in [0.4, 0.5) is 11.4 Å². The summed E-state index contributed by atoms with van der Waals surface area (Å²) in [6, 6.07) is 33.6. The van der Waals surface area contributed by atoms with E-state index in [0.717, 1.165) is 44.9 Å². The summed E-state index contributed by atoms with van der Waals surface area (Å²) in [6.45, 7) is 3.30. The summed E-state index contributed by atoms with van der Waals surface area (Å²) >= 11 is 0. The molecule has 6 rings (SSSR count). The van der Waals surface area contributed by atoms with Crippen molar-refractivity contribution in [3.8, 4) is 16.9 Å². The van der Waals surface area contributed by atoms with E-state index in [0.29, 0.717) is 36.6 Å². The number of ether oxygens (including phenoxy) is 1. The molecule has 2 amide bonds. The zero-order chi connectivity index (χ0) is 30.8. The quantitative estimate of drug-likeness (QED) is 0.232. The fraction of sp³-hybridized carbons (Fsp3) is 0.189. The minimum absolute atomic E-state index is 0.131. The molecule has 222 valence electrons. The molecule has 0 bridgehead atoms. The molecule has 0 saturated heterocycles. The normalized spacial score (nSPS) is 12.1. The van der Waals surface area contributed by atoms with E-state index in [1.54, 1.807) is 12.0 Å². The molecular formula is C37H36N4O3. The van der Waals surface area contributed by atoms with Gasteiger partial charge in [0.25, 0.3) is 11.8 Å². The largest absolute Gasteiger partial charge is 0.496 e. The van der Waals surface area contributed by atoms with Crippen LogP contribution < -0.4 is 19.9 Å². The number of fused-ring (bicyclic) bond motifs is 2. The molecule has 7 heteroatoms. The van der Waals surface area contributed by atoms with Crippen molar-refractivity contribution >= 4 is 23.2 Å². The van der Waals surface area contributed by atoms with Crippen LogP contribution in [0.5, 0.6) is 5.75 Å². The number of hydrogen-bond donors (Lipinski definition) is 1. The van der Waals surface area contributed by atoms with Crippen LogP contribution in [0.25, 0.3) is 11.1 Å². The predicted molar refractivity (Wildman–Crippen MR) is 176 cm³/mol. The maximum absolute atomic E-state index is 14.2. The Kier molecular flexibility index (Phi) is 7.94. The van der Waals surface area contributed by atoms with Gasteiger partial charge >= 0.3 is 0 Å². The summed E-state index contributed by atoms with van der Waals surface area (Å²) in [5, 5.41) is 3.07. The smallest absolute Gasteiger partial charge is 0.268 e. The Labute approximate surface area is 258 Å². The lowest BCUT2D eigenvalue weighted by molar-refractivity contribution is 0.0941. The fourth-order valence-corrected chi connectivity index (χ4v) is 5.80. The Balaban J connectivity index is 1.27. The van der Waals surface area contributed by atoms with Gasteiger partial charge in [0.2, 0.25) is 0 Å². The van der Waals surface area contributed by atoms with Crippen molar-refractivity contribution in [2.24, 2.45) is 0 Å². The molecule has 1 aromatic heterocycles. The van der Waals surface area contributed by atoms with Crippen molar-refractivity contribution < 1.29 is 14.3 Å². The number of methoxy groups -OCH3 is 1. The lowest BCUT2D eigenvalue weighted by Crippen LogP contribution is -2.30. The molecule has 0 atom stereocenters. The number of aromatic nitrogens is 1.